The van der Waals surface area contributed by atoms with Crippen molar-refractivity contribution in [3.8, 4) is 0 Å². The second kappa shape index (κ2) is 6.69. The molecule has 1 N–H and O–H groups in total. The van der Waals surface area contributed by atoms with E-state index in [0.29, 0.717) is 4.75 Å². The fourth-order valence-corrected chi connectivity index (χ4v) is 5.01. The molecule has 1 unspecified atom stereocenters. The Kier molecular flexibility index (Phi) is 4.92. The Balaban J connectivity index is 1.45. The first-order valence-corrected chi connectivity index (χ1v) is 9.13. The summed E-state index contributed by atoms with van der Waals surface area (Å²) >= 11 is 1.99. The van der Waals surface area contributed by atoms with Crippen LogP contribution in [0.1, 0.15) is 51.9 Å². The van der Waals surface area contributed by atoms with Crippen molar-refractivity contribution in [3.05, 3.63) is 0 Å². The number of nitrogens with one attached hydrogen (secondary N) is 1. The number of hydrogen-bond donors (Lipinski definition) is 1. The molecule has 2 heterocycles. The Morgan fingerprint density at radius 2 is 1.95 bits per heavy atom. The molecule has 0 aromatic carbocycles. The Morgan fingerprint density at radius 3 is 2.70 bits per heavy atom. The molecule has 114 valence electrons. The molecule has 3 nitrogen and oxygen atoms in total. The topological polar surface area (TPSA) is 33.6 Å². The lowest BCUT2D eigenvalue weighted by Gasteiger charge is -2.35. The molecule has 1 aliphatic carbocycles. The smallest absolute Gasteiger partial charge is 0.157 e. The Bertz CT molecular complexity index is 348. The van der Waals surface area contributed by atoms with Crippen molar-refractivity contribution in [1.29, 1.82) is 0 Å². The van der Waals surface area contributed by atoms with E-state index in [0.717, 1.165) is 38.1 Å². The molecule has 20 heavy (non-hydrogen) atoms. The van der Waals surface area contributed by atoms with Crippen LogP contribution in [0.3, 0.4) is 0 Å². The minimum atomic E-state index is 0.304. The van der Waals surface area contributed by atoms with Gasteiger partial charge in [-0.3, -0.25) is 4.99 Å². The Hall–Kier alpha value is -0.220. The monoisotopic (exact) mass is 296 g/mol. The molecule has 2 aliphatic heterocycles. The van der Waals surface area contributed by atoms with Gasteiger partial charge in [0.05, 0.1) is 6.54 Å². The zero-order valence-electron chi connectivity index (χ0n) is 12.7. The van der Waals surface area contributed by atoms with Gasteiger partial charge in [-0.1, -0.05) is 31.0 Å². The largest absolute Gasteiger partial charge is 0.381 e. The van der Waals surface area contributed by atoms with E-state index < -0.39 is 0 Å². The molecule has 0 spiro atoms. The summed E-state index contributed by atoms with van der Waals surface area (Å²) in [6, 6.07) is 0. The van der Waals surface area contributed by atoms with Crippen LogP contribution in [-0.4, -0.2) is 36.2 Å². The highest BCUT2D eigenvalue weighted by molar-refractivity contribution is 8.15. The Labute approximate surface area is 127 Å². The van der Waals surface area contributed by atoms with Gasteiger partial charge in [0.1, 0.15) is 0 Å². The highest BCUT2D eigenvalue weighted by atomic mass is 32.2. The summed E-state index contributed by atoms with van der Waals surface area (Å²) in [5.74, 6) is 1.64. The number of rotatable bonds is 3. The van der Waals surface area contributed by atoms with E-state index in [2.05, 4.69) is 12.2 Å². The third-order valence-electron chi connectivity index (χ3n) is 5.22. The zero-order valence-corrected chi connectivity index (χ0v) is 13.5. The summed E-state index contributed by atoms with van der Waals surface area (Å²) in [5.41, 5.74) is 0. The average molecular weight is 296 g/mol. The molecule has 0 amide bonds. The first-order chi connectivity index (χ1) is 9.76. The molecule has 0 aromatic rings. The molecule has 1 atom stereocenters. The normalized spacial score (nSPS) is 33.1. The minimum absolute atomic E-state index is 0.304. The number of amidine groups is 1. The standard InChI is InChI=1S/C16H28N2OS/c1-16(14-7-9-19-10-8-14)12-18-15(20-16)17-11-13-5-3-2-4-6-13/h13-14H,2-12H2,1H3,(H,17,18). The molecule has 0 bridgehead atoms. The van der Waals surface area contributed by atoms with Gasteiger partial charge in [0, 0.05) is 24.5 Å². The van der Waals surface area contributed by atoms with Crippen LogP contribution in [0.2, 0.25) is 0 Å². The molecule has 2 fully saturated rings. The van der Waals surface area contributed by atoms with Gasteiger partial charge < -0.3 is 10.1 Å². The lowest BCUT2D eigenvalue weighted by atomic mass is 9.86. The number of nitrogens with zero attached hydrogens (tertiary/aromatic N) is 1. The van der Waals surface area contributed by atoms with Gasteiger partial charge in [-0.25, -0.2) is 0 Å². The Morgan fingerprint density at radius 1 is 1.20 bits per heavy atom. The summed E-state index contributed by atoms with van der Waals surface area (Å²) in [7, 11) is 0. The van der Waals surface area contributed by atoms with E-state index in [-0.39, 0.29) is 0 Å². The lowest BCUT2D eigenvalue weighted by molar-refractivity contribution is 0.0569. The van der Waals surface area contributed by atoms with Crippen LogP contribution in [-0.2, 0) is 4.74 Å². The third-order valence-corrected chi connectivity index (χ3v) is 6.61. The molecular weight excluding hydrogens is 268 g/mol. The predicted molar refractivity (Wildman–Crippen MR) is 86.4 cm³/mol. The lowest BCUT2D eigenvalue weighted by Crippen LogP contribution is -2.37. The van der Waals surface area contributed by atoms with Gasteiger partial charge in [0.15, 0.2) is 5.17 Å². The third kappa shape index (κ3) is 3.51. The van der Waals surface area contributed by atoms with Crippen LogP contribution >= 0.6 is 11.8 Å². The van der Waals surface area contributed by atoms with Crippen molar-refractivity contribution >= 4 is 16.9 Å². The van der Waals surface area contributed by atoms with Gasteiger partial charge in [-0.2, -0.15) is 0 Å². The molecule has 1 saturated heterocycles. The van der Waals surface area contributed by atoms with Crippen molar-refractivity contribution < 1.29 is 4.74 Å². The maximum Gasteiger partial charge on any atom is 0.157 e. The number of hydrogen-bond acceptors (Lipinski definition) is 4. The highest BCUT2D eigenvalue weighted by Crippen LogP contribution is 2.42. The van der Waals surface area contributed by atoms with E-state index in [9.17, 15) is 0 Å². The summed E-state index contributed by atoms with van der Waals surface area (Å²) in [6.07, 6.45) is 9.50. The quantitative estimate of drug-likeness (QED) is 0.866. The number of thioether (sulfide) groups is 1. The molecule has 0 radical (unpaired) electrons. The molecular formula is C16H28N2OS. The molecule has 3 aliphatic rings. The van der Waals surface area contributed by atoms with E-state index >= 15 is 0 Å². The summed E-state index contributed by atoms with van der Waals surface area (Å²) in [6.45, 7) is 6.38. The van der Waals surface area contributed by atoms with Gasteiger partial charge in [0.25, 0.3) is 0 Å². The SMILES string of the molecule is CC1(C2CCOCC2)CN=C(NCC2CCCCC2)S1. The van der Waals surface area contributed by atoms with Gasteiger partial charge in [-0.05, 0) is 44.4 Å². The average Bonchev–Trinajstić information content (AvgIpc) is 2.90. The van der Waals surface area contributed by atoms with Crippen molar-refractivity contribution in [2.24, 2.45) is 16.8 Å². The molecule has 0 aromatic heterocycles. The van der Waals surface area contributed by atoms with E-state index in [1.165, 1.54) is 50.1 Å². The van der Waals surface area contributed by atoms with E-state index in [1.54, 1.807) is 0 Å². The summed E-state index contributed by atoms with van der Waals surface area (Å²) in [4.78, 5) is 4.78. The second-order valence-corrected chi connectivity index (χ2v) is 8.33. The summed E-state index contributed by atoms with van der Waals surface area (Å²) < 4.78 is 5.80. The minimum Gasteiger partial charge on any atom is -0.381 e. The van der Waals surface area contributed by atoms with Crippen LogP contribution in [0.25, 0.3) is 0 Å². The van der Waals surface area contributed by atoms with Gasteiger partial charge in [-0.15, -0.1) is 0 Å². The van der Waals surface area contributed by atoms with Crippen molar-refractivity contribution in [1.82, 2.24) is 5.32 Å². The fraction of sp³-hybridized carbons (Fsp3) is 0.938. The van der Waals surface area contributed by atoms with Crippen molar-refractivity contribution in [2.45, 2.75) is 56.6 Å². The second-order valence-electron chi connectivity index (χ2n) is 6.81. The van der Waals surface area contributed by atoms with Crippen LogP contribution < -0.4 is 5.32 Å². The van der Waals surface area contributed by atoms with Crippen LogP contribution in [0.15, 0.2) is 4.99 Å². The first kappa shape index (κ1) is 14.7. The van der Waals surface area contributed by atoms with E-state index in [4.69, 9.17) is 9.73 Å². The molecule has 3 rings (SSSR count). The van der Waals surface area contributed by atoms with Crippen molar-refractivity contribution in [2.75, 3.05) is 26.3 Å². The van der Waals surface area contributed by atoms with Crippen LogP contribution in [0.5, 0.6) is 0 Å². The highest BCUT2D eigenvalue weighted by Gasteiger charge is 2.40. The van der Waals surface area contributed by atoms with Crippen LogP contribution in [0.4, 0.5) is 0 Å². The van der Waals surface area contributed by atoms with Gasteiger partial charge >= 0.3 is 0 Å². The number of ether oxygens (including phenoxy) is 1. The van der Waals surface area contributed by atoms with Crippen LogP contribution in [0, 0.1) is 11.8 Å². The number of aliphatic imine (C=N–C) groups is 1. The zero-order chi connectivity index (χ0) is 13.8. The maximum absolute atomic E-state index is 5.50. The first-order valence-electron chi connectivity index (χ1n) is 8.31. The van der Waals surface area contributed by atoms with Gasteiger partial charge in [0.2, 0.25) is 0 Å². The van der Waals surface area contributed by atoms with E-state index in [1.807, 2.05) is 11.8 Å². The van der Waals surface area contributed by atoms with Crippen molar-refractivity contribution in [3.63, 3.8) is 0 Å². The molecule has 4 heteroatoms. The fourth-order valence-electron chi connectivity index (χ4n) is 3.75. The predicted octanol–water partition coefficient (Wildman–Crippen LogP) is 3.44. The molecule has 1 saturated carbocycles. The maximum atomic E-state index is 5.50. The summed E-state index contributed by atoms with van der Waals surface area (Å²) in [5, 5.41) is 4.83.